The SMILES string of the molecule is CC(C)(C)OC(=O)N1Cc2cnc(N3CCC3)cc2C1. The number of ether oxygens (including phenoxy) is 1. The summed E-state index contributed by atoms with van der Waals surface area (Å²) in [5, 5.41) is 0. The second-order valence-electron chi connectivity index (χ2n) is 6.49. The lowest BCUT2D eigenvalue weighted by atomic mass is 10.1. The highest BCUT2D eigenvalue weighted by molar-refractivity contribution is 5.69. The number of anilines is 1. The van der Waals surface area contributed by atoms with Gasteiger partial charge in [-0.3, -0.25) is 4.90 Å². The summed E-state index contributed by atoms with van der Waals surface area (Å²) in [5.74, 6) is 1.03. The number of nitrogens with zero attached hydrogens (tertiary/aromatic N) is 3. The molecule has 1 saturated heterocycles. The Morgan fingerprint density at radius 1 is 1.25 bits per heavy atom. The quantitative estimate of drug-likeness (QED) is 0.790. The van der Waals surface area contributed by atoms with Crippen LogP contribution < -0.4 is 4.90 Å². The van der Waals surface area contributed by atoms with Gasteiger partial charge in [-0.1, -0.05) is 0 Å². The average Bonchev–Trinajstić information content (AvgIpc) is 2.67. The average molecular weight is 275 g/mol. The van der Waals surface area contributed by atoms with E-state index in [1.54, 1.807) is 4.90 Å². The Morgan fingerprint density at radius 2 is 1.95 bits per heavy atom. The van der Waals surface area contributed by atoms with Gasteiger partial charge in [0.25, 0.3) is 0 Å². The lowest BCUT2D eigenvalue weighted by molar-refractivity contribution is 0.0242. The number of aromatic nitrogens is 1. The van der Waals surface area contributed by atoms with Crippen LogP contribution in [0.15, 0.2) is 12.3 Å². The van der Waals surface area contributed by atoms with E-state index in [-0.39, 0.29) is 6.09 Å². The van der Waals surface area contributed by atoms with E-state index in [0.717, 1.165) is 24.5 Å². The van der Waals surface area contributed by atoms with Gasteiger partial charge in [0.2, 0.25) is 0 Å². The van der Waals surface area contributed by atoms with Crippen molar-refractivity contribution in [2.24, 2.45) is 0 Å². The largest absolute Gasteiger partial charge is 0.444 e. The highest BCUT2D eigenvalue weighted by Gasteiger charge is 2.29. The van der Waals surface area contributed by atoms with Crippen LogP contribution in [0.5, 0.6) is 0 Å². The molecule has 3 rings (SSSR count). The molecule has 1 aromatic heterocycles. The third kappa shape index (κ3) is 2.57. The van der Waals surface area contributed by atoms with Gasteiger partial charge in [-0.2, -0.15) is 0 Å². The van der Waals surface area contributed by atoms with Crippen LogP contribution in [0.3, 0.4) is 0 Å². The molecule has 0 saturated carbocycles. The number of pyridine rings is 1. The predicted molar refractivity (Wildman–Crippen MR) is 76.5 cm³/mol. The summed E-state index contributed by atoms with van der Waals surface area (Å²) >= 11 is 0. The maximum atomic E-state index is 12.1. The Bertz CT molecular complexity index is 532. The van der Waals surface area contributed by atoms with Crippen LogP contribution in [0.1, 0.15) is 38.3 Å². The zero-order valence-electron chi connectivity index (χ0n) is 12.3. The van der Waals surface area contributed by atoms with E-state index < -0.39 is 5.60 Å². The molecule has 108 valence electrons. The van der Waals surface area contributed by atoms with Crippen molar-refractivity contribution in [3.05, 3.63) is 23.4 Å². The summed E-state index contributed by atoms with van der Waals surface area (Å²) in [7, 11) is 0. The molecule has 0 aliphatic carbocycles. The van der Waals surface area contributed by atoms with Crippen LogP contribution >= 0.6 is 0 Å². The molecule has 2 aliphatic rings. The van der Waals surface area contributed by atoms with E-state index in [9.17, 15) is 4.79 Å². The van der Waals surface area contributed by atoms with Crippen molar-refractivity contribution in [2.45, 2.75) is 45.9 Å². The molecular weight excluding hydrogens is 254 g/mol. The highest BCUT2D eigenvalue weighted by Crippen LogP contribution is 2.28. The highest BCUT2D eigenvalue weighted by atomic mass is 16.6. The van der Waals surface area contributed by atoms with Gasteiger partial charge in [0.15, 0.2) is 0 Å². The number of amides is 1. The first-order chi connectivity index (χ1) is 9.42. The van der Waals surface area contributed by atoms with Crippen molar-refractivity contribution in [1.29, 1.82) is 0 Å². The number of carbonyl (C=O) groups is 1. The number of fused-ring (bicyclic) bond motifs is 1. The van der Waals surface area contributed by atoms with E-state index in [1.165, 1.54) is 12.0 Å². The maximum Gasteiger partial charge on any atom is 0.410 e. The van der Waals surface area contributed by atoms with Crippen LogP contribution in [0.2, 0.25) is 0 Å². The minimum absolute atomic E-state index is 0.251. The second-order valence-corrected chi connectivity index (χ2v) is 6.49. The van der Waals surface area contributed by atoms with Crippen LogP contribution in [-0.2, 0) is 17.8 Å². The van der Waals surface area contributed by atoms with Gasteiger partial charge in [0.1, 0.15) is 11.4 Å². The Hall–Kier alpha value is -1.78. The van der Waals surface area contributed by atoms with Crippen molar-refractivity contribution >= 4 is 11.9 Å². The molecule has 0 bridgehead atoms. The van der Waals surface area contributed by atoms with E-state index in [1.807, 2.05) is 27.0 Å². The molecule has 0 unspecified atom stereocenters. The number of rotatable bonds is 1. The molecule has 5 nitrogen and oxygen atoms in total. The van der Waals surface area contributed by atoms with Gasteiger partial charge in [-0.25, -0.2) is 9.78 Å². The topological polar surface area (TPSA) is 45.7 Å². The summed E-state index contributed by atoms with van der Waals surface area (Å²) in [4.78, 5) is 20.6. The van der Waals surface area contributed by atoms with Crippen LogP contribution in [0.25, 0.3) is 0 Å². The lowest BCUT2D eigenvalue weighted by Crippen LogP contribution is -2.37. The normalized spacial score (nSPS) is 17.8. The van der Waals surface area contributed by atoms with Gasteiger partial charge < -0.3 is 9.64 Å². The molecular formula is C15H21N3O2. The van der Waals surface area contributed by atoms with Crippen molar-refractivity contribution in [2.75, 3.05) is 18.0 Å². The fraction of sp³-hybridized carbons (Fsp3) is 0.600. The Labute approximate surface area is 119 Å². The van der Waals surface area contributed by atoms with Crippen molar-refractivity contribution < 1.29 is 9.53 Å². The van der Waals surface area contributed by atoms with Gasteiger partial charge in [0.05, 0.1) is 6.54 Å². The van der Waals surface area contributed by atoms with Gasteiger partial charge in [-0.15, -0.1) is 0 Å². The van der Waals surface area contributed by atoms with Crippen molar-refractivity contribution in [3.8, 4) is 0 Å². The Balaban J connectivity index is 1.70. The van der Waals surface area contributed by atoms with Gasteiger partial charge in [0, 0.05) is 25.8 Å². The zero-order chi connectivity index (χ0) is 14.3. The molecule has 1 amide bonds. The monoisotopic (exact) mass is 275 g/mol. The first-order valence-corrected chi connectivity index (χ1v) is 7.13. The summed E-state index contributed by atoms with van der Waals surface area (Å²) in [6, 6.07) is 2.11. The summed E-state index contributed by atoms with van der Waals surface area (Å²) < 4.78 is 5.42. The van der Waals surface area contributed by atoms with E-state index in [4.69, 9.17) is 4.74 Å². The molecule has 0 spiro atoms. The molecule has 20 heavy (non-hydrogen) atoms. The number of hydrogen-bond acceptors (Lipinski definition) is 4. The summed E-state index contributed by atoms with van der Waals surface area (Å²) in [6.07, 6.45) is 2.88. The zero-order valence-corrected chi connectivity index (χ0v) is 12.3. The molecule has 1 aromatic rings. The Morgan fingerprint density at radius 3 is 2.55 bits per heavy atom. The Kier molecular flexibility index (Phi) is 3.07. The first kappa shape index (κ1) is 13.2. The van der Waals surface area contributed by atoms with Crippen LogP contribution in [0.4, 0.5) is 10.6 Å². The van der Waals surface area contributed by atoms with E-state index in [2.05, 4.69) is 16.0 Å². The second kappa shape index (κ2) is 4.65. The molecule has 0 N–H and O–H groups in total. The fourth-order valence-electron chi connectivity index (χ4n) is 2.44. The fourth-order valence-corrected chi connectivity index (χ4v) is 2.44. The molecule has 0 atom stereocenters. The number of hydrogen-bond donors (Lipinski definition) is 0. The molecule has 1 fully saturated rings. The van der Waals surface area contributed by atoms with Crippen molar-refractivity contribution in [1.82, 2.24) is 9.88 Å². The lowest BCUT2D eigenvalue weighted by Gasteiger charge is -2.32. The van der Waals surface area contributed by atoms with E-state index in [0.29, 0.717) is 13.1 Å². The third-order valence-corrected chi connectivity index (χ3v) is 3.62. The molecule has 2 aliphatic heterocycles. The summed E-state index contributed by atoms with van der Waals surface area (Å²) in [6.45, 7) is 9.04. The van der Waals surface area contributed by atoms with Crippen molar-refractivity contribution in [3.63, 3.8) is 0 Å². The minimum Gasteiger partial charge on any atom is -0.444 e. The number of carbonyl (C=O) groups excluding carboxylic acids is 1. The molecule has 5 heteroatoms. The van der Waals surface area contributed by atoms with Crippen LogP contribution in [-0.4, -0.2) is 34.7 Å². The molecule has 3 heterocycles. The summed E-state index contributed by atoms with van der Waals surface area (Å²) in [5.41, 5.74) is 1.86. The van der Waals surface area contributed by atoms with E-state index >= 15 is 0 Å². The molecule has 0 radical (unpaired) electrons. The third-order valence-electron chi connectivity index (χ3n) is 3.62. The smallest absolute Gasteiger partial charge is 0.410 e. The maximum absolute atomic E-state index is 12.1. The van der Waals surface area contributed by atoms with Gasteiger partial charge >= 0.3 is 6.09 Å². The standard InChI is InChI=1S/C15H21N3O2/c1-15(2,3)20-14(19)18-9-11-7-13(17-5-4-6-17)16-8-12(11)10-18/h7-8H,4-6,9-10H2,1-3H3. The molecule has 0 aromatic carbocycles. The van der Waals surface area contributed by atoms with Gasteiger partial charge in [-0.05, 0) is 44.4 Å². The first-order valence-electron chi connectivity index (χ1n) is 7.13. The minimum atomic E-state index is -0.451. The van der Waals surface area contributed by atoms with Crippen LogP contribution in [0, 0.1) is 0 Å². The predicted octanol–water partition coefficient (Wildman–Crippen LogP) is 2.54.